The van der Waals surface area contributed by atoms with E-state index in [-0.39, 0.29) is 0 Å². The first-order valence-electron chi connectivity index (χ1n) is 5.50. The van der Waals surface area contributed by atoms with Crippen molar-refractivity contribution < 1.29 is 9.53 Å². The number of rotatable bonds is 4. The fourth-order valence-electron chi connectivity index (χ4n) is 1.73. The molecule has 2 rings (SSSR count). The van der Waals surface area contributed by atoms with Gasteiger partial charge in [-0.05, 0) is 50.5 Å². The number of ether oxygens (including phenoxy) is 1. The van der Waals surface area contributed by atoms with Gasteiger partial charge in [-0.3, -0.25) is 4.79 Å². The summed E-state index contributed by atoms with van der Waals surface area (Å²) in [5, 5.41) is 0. The minimum absolute atomic E-state index is 0.293. The maximum Gasteiger partial charge on any atom is 0.166 e. The van der Waals surface area contributed by atoms with E-state index in [1.807, 2.05) is 32.0 Å². The number of ketones is 1. The highest BCUT2D eigenvalue weighted by atomic mass is 16.5. The van der Waals surface area contributed by atoms with Crippen LogP contribution in [0.25, 0.3) is 0 Å². The van der Waals surface area contributed by atoms with Gasteiger partial charge >= 0.3 is 0 Å². The lowest BCUT2D eigenvalue weighted by molar-refractivity contribution is 0.0967. The lowest BCUT2D eigenvalue weighted by atomic mass is 10.0. The van der Waals surface area contributed by atoms with Crippen LogP contribution in [0.15, 0.2) is 18.2 Å². The van der Waals surface area contributed by atoms with Crippen molar-refractivity contribution in [2.45, 2.75) is 26.7 Å². The van der Waals surface area contributed by atoms with E-state index < -0.39 is 0 Å². The quantitative estimate of drug-likeness (QED) is 0.705. The number of hydrogen-bond donors (Lipinski definition) is 0. The van der Waals surface area contributed by atoms with Gasteiger partial charge in [-0.25, -0.2) is 0 Å². The van der Waals surface area contributed by atoms with Crippen LogP contribution in [0.4, 0.5) is 0 Å². The Morgan fingerprint density at radius 1 is 1.47 bits per heavy atom. The van der Waals surface area contributed by atoms with Crippen LogP contribution in [0.1, 0.15) is 35.7 Å². The number of benzene rings is 1. The highest BCUT2D eigenvalue weighted by molar-refractivity contribution is 6.00. The highest BCUT2D eigenvalue weighted by Crippen LogP contribution is 2.34. The summed E-state index contributed by atoms with van der Waals surface area (Å²) in [4.78, 5) is 11.9. The van der Waals surface area contributed by atoms with Gasteiger partial charge in [0.05, 0.1) is 6.61 Å². The van der Waals surface area contributed by atoms with Crippen molar-refractivity contribution in [3.8, 4) is 5.75 Å². The summed E-state index contributed by atoms with van der Waals surface area (Å²) in [6.07, 6.45) is 2.12. The van der Waals surface area contributed by atoms with Crippen LogP contribution in [-0.4, -0.2) is 12.4 Å². The third kappa shape index (κ3) is 2.20. The largest absolute Gasteiger partial charge is 0.494 e. The Kier molecular flexibility index (Phi) is 2.76. The Morgan fingerprint density at radius 3 is 2.73 bits per heavy atom. The molecule has 0 aliphatic heterocycles. The first kappa shape index (κ1) is 10.2. The second-order valence-corrected chi connectivity index (χ2v) is 4.05. The van der Waals surface area contributed by atoms with Gasteiger partial charge < -0.3 is 4.74 Å². The summed E-state index contributed by atoms with van der Waals surface area (Å²) in [5.74, 6) is 1.44. The van der Waals surface area contributed by atoms with Gasteiger partial charge in [0.25, 0.3) is 0 Å². The second-order valence-electron chi connectivity index (χ2n) is 4.05. The summed E-state index contributed by atoms with van der Waals surface area (Å²) in [6.45, 7) is 4.59. The van der Waals surface area contributed by atoms with Gasteiger partial charge in [0, 0.05) is 11.5 Å². The van der Waals surface area contributed by atoms with E-state index >= 15 is 0 Å². The Labute approximate surface area is 90.3 Å². The van der Waals surface area contributed by atoms with Crippen LogP contribution in [0.5, 0.6) is 5.75 Å². The minimum atomic E-state index is 0.293. The zero-order valence-corrected chi connectivity index (χ0v) is 9.25. The van der Waals surface area contributed by atoms with Gasteiger partial charge in [-0.1, -0.05) is 0 Å². The third-order valence-corrected chi connectivity index (χ3v) is 2.72. The molecule has 2 nitrogen and oxygen atoms in total. The number of carbonyl (C=O) groups excluding carboxylic acids is 1. The topological polar surface area (TPSA) is 26.3 Å². The summed E-state index contributed by atoms with van der Waals surface area (Å²) in [7, 11) is 0. The van der Waals surface area contributed by atoms with E-state index in [2.05, 4.69) is 0 Å². The normalized spacial score (nSPS) is 15.1. The van der Waals surface area contributed by atoms with Crippen molar-refractivity contribution in [1.29, 1.82) is 0 Å². The zero-order valence-electron chi connectivity index (χ0n) is 9.25. The molecule has 1 aliphatic rings. The molecule has 1 saturated carbocycles. The number of Topliss-reactive ketones (excluding diaryl/α,β-unsaturated/α-hetero) is 1. The van der Waals surface area contributed by atoms with E-state index in [1.165, 1.54) is 0 Å². The van der Waals surface area contributed by atoms with Gasteiger partial charge in [0.15, 0.2) is 5.78 Å². The first-order chi connectivity index (χ1) is 7.22. The molecule has 15 heavy (non-hydrogen) atoms. The summed E-state index contributed by atoms with van der Waals surface area (Å²) in [5.41, 5.74) is 1.89. The molecule has 1 aliphatic carbocycles. The van der Waals surface area contributed by atoms with E-state index in [9.17, 15) is 4.79 Å². The molecular formula is C13H16O2. The minimum Gasteiger partial charge on any atom is -0.494 e. The maximum absolute atomic E-state index is 11.9. The molecule has 1 aromatic carbocycles. The van der Waals surface area contributed by atoms with Crippen molar-refractivity contribution >= 4 is 5.78 Å². The molecule has 80 valence electrons. The van der Waals surface area contributed by atoms with E-state index in [0.29, 0.717) is 18.3 Å². The maximum atomic E-state index is 11.9. The molecule has 0 amide bonds. The lowest BCUT2D eigenvalue weighted by Gasteiger charge is -2.07. The highest BCUT2D eigenvalue weighted by Gasteiger charge is 2.31. The lowest BCUT2D eigenvalue weighted by Crippen LogP contribution is -2.04. The predicted octanol–water partition coefficient (Wildman–Crippen LogP) is 2.99. The van der Waals surface area contributed by atoms with Crippen LogP contribution >= 0.6 is 0 Å². The van der Waals surface area contributed by atoms with Crippen molar-refractivity contribution in [3.63, 3.8) is 0 Å². The zero-order chi connectivity index (χ0) is 10.8. The average molecular weight is 204 g/mol. The fraction of sp³-hybridized carbons (Fsp3) is 0.462. The standard InChI is InChI=1S/C13H16O2/c1-3-15-11-6-7-12(9(2)8-11)13(14)10-4-5-10/h6-8,10H,3-5H2,1-2H3. The van der Waals surface area contributed by atoms with Crippen molar-refractivity contribution in [1.82, 2.24) is 0 Å². The van der Waals surface area contributed by atoms with Crippen LogP contribution in [-0.2, 0) is 0 Å². The van der Waals surface area contributed by atoms with Gasteiger partial charge in [-0.2, -0.15) is 0 Å². The monoisotopic (exact) mass is 204 g/mol. The molecule has 1 fully saturated rings. The van der Waals surface area contributed by atoms with Gasteiger partial charge in [-0.15, -0.1) is 0 Å². The molecule has 0 heterocycles. The summed E-state index contributed by atoms with van der Waals surface area (Å²) < 4.78 is 5.39. The molecule has 0 radical (unpaired) electrons. The predicted molar refractivity (Wildman–Crippen MR) is 59.4 cm³/mol. The van der Waals surface area contributed by atoms with Crippen LogP contribution in [0.2, 0.25) is 0 Å². The van der Waals surface area contributed by atoms with Crippen LogP contribution < -0.4 is 4.74 Å². The molecule has 0 spiro atoms. The molecule has 2 heteroatoms. The molecule has 0 bridgehead atoms. The molecule has 1 aromatic rings. The SMILES string of the molecule is CCOc1ccc(C(=O)C2CC2)c(C)c1. The number of hydrogen-bond acceptors (Lipinski definition) is 2. The van der Waals surface area contributed by atoms with Crippen molar-refractivity contribution in [2.24, 2.45) is 5.92 Å². The van der Waals surface area contributed by atoms with Gasteiger partial charge in [0.1, 0.15) is 5.75 Å². The first-order valence-corrected chi connectivity index (χ1v) is 5.50. The second kappa shape index (κ2) is 4.05. The van der Waals surface area contributed by atoms with E-state index in [0.717, 1.165) is 29.7 Å². The van der Waals surface area contributed by atoms with Crippen LogP contribution in [0.3, 0.4) is 0 Å². The van der Waals surface area contributed by atoms with Gasteiger partial charge in [0.2, 0.25) is 0 Å². The average Bonchev–Trinajstić information content (AvgIpc) is 3.01. The molecule has 0 saturated heterocycles. The molecular weight excluding hydrogens is 188 g/mol. The van der Waals surface area contributed by atoms with Crippen molar-refractivity contribution in [2.75, 3.05) is 6.61 Å². The Bertz CT molecular complexity index is 378. The van der Waals surface area contributed by atoms with Crippen LogP contribution in [0, 0.1) is 12.8 Å². The molecule has 0 N–H and O–H groups in total. The number of aryl methyl sites for hydroxylation is 1. The smallest absolute Gasteiger partial charge is 0.166 e. The molecule has 0 aromatic heterocycles. The summed E-state index contributed by atoms with van der Waals surface area (Å²) >= 11 is 0. The third-order valence-electron chi connectivity index (χ3n) is 2.72. The Hall–Kier alpha value is -1.31. The molecule has 0 unspecified atom stereocenters. The summed E-state index contributed by atoms with van der Waals surface area (Å²) in [6, 6.07) is 5.71. The molecule has 0 atom stereocenters. The Morgan fingerprint density at radius 2 is 2.20 bits per heavy atom. The van der Waals surface area contributed by atoms with E-state index in [4.69, 9.17) is 4.74 Å². The van der Waals surface area contributed by atoms with Crippen molar-refractivity contribution in [3.05, 3.63) is 29.3 Å². The number of carbonyl (C=O) groups is 1. The fourth-order valence-corrected chi connectivity index (χ4v) is 1.73. The van der Waals surface area contributed by atoms with E-state index in [1.54, 1.807) is 0 Å². The Balaban J connectivity index is 2.21.